The number of benzene rings is 1. The first-order chi connectivity index (χ1) is 6.60. The van der Waals surface area contributed by atoms with Crippen molar-refractivity contribution in [3.8, 4) is 11.8 Å². The van der Waals surface area contributed by atoms with Crippen LogP contribution in [0.25, 0.3) is 0 Å². The number of aromatic hydroxyl groups is 1. The number of rotatable bonds is 2. The van der Waals surface area contributed by atoms with Gasteiger partial charge in [0.1, 0.15) is 0 Å². The SMILES string of the molecule is Cl.N#Cc1cc(F)c(O)c([C@H](N)CN)c1. The van der Waals surface area contributed by atoms with E-state index in [4.69, 9.17) is 16.7 Å². The standard InChI is InChI=1S/C9H10FN3O.ClH/c10-7-2-5(3-11)1-6(9(7)14)8(13)4-12;/h1-2,8,14H,4,12-13H2;1H/t8-;/m1./s1. The first-order valence-corrected chi connectivity index (χ1v) is 3.98. The third kappa shape index (κ3) is 2.80. The third-order valence-electron chi connectivity index (χ3n) is 1.88. The molecule has 0 saturated carbocycles. The lowest BCUT2D eigenvalue weighted by atomic mass is 10.0. The summed E-state index contributed by atoms with van der Waals surface area (Å²) in [5.41, 5.74) is 11.1. The van der Waals surface area contributed by atoms with Crippen LogP contribution in [0, 0.1) is 17.1 Å². The molecule has 0 saturated heterocycles. The average molecular weight is 232 g/mol. The van der Waals surface area contributed by atoms with E-state index in [9.17, 15) is 9.50 Å². The first-order valence-electron chi connectivity index (χ1n) is 3.98. The van der Waals surface area contributed by atoms with Crippen molar-refractivity contribution in [1.82, 2.24) is 0 Å². The normalized spacial score (nSPS) is 11.3. The summed E-state index contributed by atoms with van der Waals surface area (Å²) in [6, 6.07) is 3.37. The Kier molecular flexibility index (Phi) is 5.02. The van der Waals surface area contributed by atoms with Crippen LogP contribution in [-0.2, 0) is 0 Å². The number of halogens is 2. The molecule has 0 aromatic heterocycles. The minimum Gasteiger partial charge on any atom is -0.505 e. The van der Waals surface area contributed by atoms with Crippen molar-refractivity contribution in [2.24, 2.45) is 11.5 Å². The fraction of sp³-hybridized carbons (Fsp3) is 0.222. The summed E-state index contributed by atoms with van der Waals surface area (Å²) in [6.45, 7) is 0.0713. The molecule has 15 heavy (non-hydrogen) atoms. The minimum absolute atomic E-state index is 0. The van der Waals surface area contributed by atoms with E-state index in [2.05, 4.69) is 0 Å². The van der Waals surface area contributed by atoms with E-state index in [1.807, 2.05) is 0 Å². The molecule has 6 heteroatoms. The molecule has 0 unspecified atom stereocenters. The van der Waals surface area contributed by atoms with Crippen molar-refractivity contribution in [2.75, 3.05) is 6.54 Å². The van der Waals surface area contributed by atoms with E-state index in [1.54, 1.807) is 6.07 Å². The summed E-state index contributed by atoms with van der Waals surface area (Å²) in [5.74, 6) is -1.40. The summed E-state index contributed by atoms with van der Waals surface area (Å²) < 4.78 is 13.0. The maximum absolute atomic E-state index is 13.0. The Morgan fingerprint density at radius 3 is 2.60 bits per heavy atom. The number of phenols is 1. The quantitative estimate of drug-likeness (QED) is 0.701. The molecule has 0 amide bonds. The van der Waals surface area contributed by atoms with Gasteiger partial charge in [0.2, 0.25) is 0 Å². The van der Waals surface area contributed by atoms with E-state index < -0.39 is 17.6 Å². The monoisotopic (exact) mass is 231 g/mol. The lowest BCUT2D eigenvalue weighted by Gasteiger charge is -2.11. The summed E-state index contributed by atoms with van der Waals surface area (Å²) in [7, 11) is 0. The van der Waals surface area contributed by atoms with E-state index >= 15 is 0 Å². The lowest BCUT2D eigenvalue weighted by Crippen LogP contribution is -2.21. The number of nitrogens with zero attached hydrogens (tertiary/aromatic N) is 1. The number of hydrogen-bond donors (Lipinski definition) is 3. The predicted molar refractivity (Wildman–Crippen MR) is 56.0 cm³/mol. The summed E-state index contributed by atoms with van der Waals surface area (Å²) in [5, 5.41) is 17.9. The maximum Gasteiger partial charge on any atom is 0.166 e. The molecule has 0 fully saturated rings. The van der Waals surface area contributed by atoms with Gasteiger partial charge in [-0.1, -0.05) is 0 Å². The molecule has 0 radical (unpaired) electrons. The highest BCUT2D eigenvalue weighted by atomic mass is 35.5. The second kappa shape index (κ2) is 5.51. The summed E-state index contributed by atoms with van der Waals surface area (Å²) in [6.07, 6.45) is 0. The molecular formula is C9H11ClFN3O. The molecular weight excluding hydrogens is 221 g/mol. The molecule has 0 bridgehead atoms. The number of phenolic OH excluding ortho intramolecular Hbond substituents is 1. The highest BCUT2D eigenvalue weighted by molar-refractivity contribution is 5.85. The highest BCUT2D eigenvalue weighted by Gasteiger charge is 2.14. The van der Waals surface area contributed by atoms with Crippen LogP contribution in [0.2, 0.25) is 0 Å². The Hall–Kier alpha value is -1.35. The van der Waals surface area contributed by atoms with E-state index in [0.717, 1.165) is 6.07 Å². The van der Waals surface area contributed by atoms with Crippen LogP contribution in [0.15, 0.2) is 12.1 Å². The maximum atomic E-state index is 13.0. The Balaban J connectivity index is 0.00000196. The Labute approximate surface area is 92.7 Å². The van der Waals surface area contributed by atoms with Gasteiger partial charge in [-0.05, 0) is 12.1 Å². The van der Waals surface area contributed by atoms with Crippen LogP contribution < -0.4 is 11.5 Å². The first kappa shape index (κ1) is 13.7. The smallest absolute Gasteiger partial charge is 0.166 e. The van der Waals surface area contributed by atoms with Crippen molar-refractivity contribution >= 4 is 12.4 Å². The predicted octanol–water partition coefficient (Wildman–Crippen LogP) is 0.783. The third-order valence-corrected chi connectivity index (χ3v) is 1.88. The molecule has 1 aromatic carbocycles. The molecule has 1 aromatic rings. The fourth-order valence-electron chi connectivity index (χ4n) is 1.09. The van der Waals surface area contributed by atoms with E-state index in [1.165, 1.54) is 6.07 Å². The zero-order valence-electron chi connectivity index (χ0n) is 7.77. The van der Waals surface area contributed by atoms with E-state index in [0.29, 0.717) is 0 Å². The number of nitrogens with two attached hydrogens (primary N) is 2. The van der Waals surface area contributed by atoms with Gasteiger partial charge in [-0.2, -0.15) is 5.26 Å². The van der Waals surface area contributed by atoms with Crippen molar-refractivity contribution in [2.45, 2.75) is 6.04 Å². The van der Waals surface area contributed by atoms with Crippen molar-refractivity contribution in [3.63, 3.8) is 0 Å². The Morgan fingerprint density at radius 2 is 2.13 bits per heavy atom. The largest absolute Gasteiger partial charge is 0.505 e. The van der Waals surface area contributed by atoms with Gasteiger partial charge in [0.15, 0.2) is 11.6 Å². The van der Waals surface area contributed by atoms with Gasteiger partial charge in [0, 0.05) is 18.2 Å². The van der Waals surface area contributed by atoms with Gasteiger partial charge in [-0.25, -0.2) is 4.39 Å². The minimum atomic E-state index is -0.858. The molecule has 1 atom stereocenters. The summed E-state index contributed by atoms with van der Waals surface area (Å²) in [4.78, 5) is 0. The van der Waals surface area contributed by atoms with Crippen LogP contribution in [0.5, 0.6) is 5.75 Å². The molecule has 0 spiro atoms. The Morgan fingerprint density at radius 1 is 1.53 bits per heavy atom. The van der Waals surface area contributed by atoms with Crippen LogP contribution >= 0.6 is 12.4 Å². The van der Waals surface area contributed by atoms with E-state index in [-0.39, 0.29) is 30.1 Å². The molecule has 0 aliphatic carbocycles. The average Bonchev–Trinajstić information content (AvgIpc) is 2.20. The highest BCUT2D eigenvalue weighted by Crippen LogP contribution is 2.26. The zero-order valence-corrected chi connectivity index (χ0v) is 8.59. The van der Waals surface area contributed by atoms with Crippen LogP contribution in [0.1, 0.15) is 17.2 Å². The second-order valence-corrected chi connectivity index (χ2v) is 2.85. The van der Waals surface area contributed by atoms with Crippen molar-refractivity contribution in [1.29, 1.82) is 5.26 Å². The van der Waals surface area contributed by atoms with Gasteiger partial charge in [0.25, 0.3) is 0 Å². The molecule has 0 aliphatic heterocycles. The molecule has 5 N–H and O–H groups in total. The van der Waals surface area contributed by atoms with Crippen molar-refractivity contribution in [3.05, 3.63) is 29.1 Å². The molecule has 4 nitrogen and oxygen atoms in total. The zero-order chi connectivity index (χ0) is 10.7. The fourth-order valence-corrected chi connectivity index (χ4v) is 1.09. The number of nitriles is 1. The second-order valence-electron chi connectivity index (χ2n) is 2.85. The molecule has 1 rings (SSSR count). The van der Waals surface area contributed by atoms with Crippen molar-refractivity contribution < 1.29 is 9.50 Å². The van der Waals surface area contributed by atoms with Gasteiger partial charge >= 0.3 is 0 Å². The van der Waals surface area contributed by atoms with Crippen LogP contribution in [0.4, 0.5) is 4.39 Å². The van der Waals surface area contributed by atoms with Gasteiger partial charge in [-0.15, -0.1) is 12.4 Å². The van der Waals surface area contributed by atoms with Gasteiger partial charge in [-0.3, -0.25) is 0 Å². The summed E-state index contributed by atoms with van der Waals surface area (Å²) >= 11 is 0. The number of hydrogen-bond acceptors (Lipinski definition) is 4. The Bertz CT molecular complexity index is 392. The molecule has 0 heterocycles. The van der Waals surface area contributed by atoms with Crippen LogP contribution in [-0.4, -0.2) is 11.7 Å². The molecule has 82 valence electrons. The van der Waals surface area contributed by atoms with Crippen LogP contribution in [0.3, 0.4) is 0 Å². The van der Waals surface area contributed by atoms with Gasteiger partial charge < -0.3 is 16.6 Å². The lowest BCUT2D eigenvalue weighted by molar-refractivity contribution is 0.421. The molecule has 0 aliphatic rings. The topological polar surface area (TPSA) is 96.1 Å². The van der Waals surface area contributed by atoms with Gasteiger partial charge in [0.05, 0.1) is 11.6 Å².